The van der Waals surface area contributed by atoms with E-state index in [9.17, 15) is 0 Å². The highest BCUT2D eigenvalue weighted by molar-refractivity contribution is 8.01. The van der Waals surface area contributed by atoms with Crippen LogP contribution in [-0.4, -0.2) is 19.9 Å². The Morgan fingerprint density at radius 2 is 2.10 bits per heavy atom. The maximum absolute atomic E-state index is 4.58. The molecule has 3 rings (SSSR count). The summed E-state index contributed by atoms with van der Waals surface area (Å²) in [4.78, 5) is 17.7. The molecule has 0 unspecified atom stereocenters. The van der Waals surface area contributed by atoms with E-state index in [-0.39, 0.29) is 0 Å². The van der Waals surface area contributed by atoms with Crippen LogP contribution in [0.15, 0.2) is 51.4 Å². The molecule has 100 valence electrons. The molecular formula is C14H12N4S2. The van der Waals surface area contributed by atoms with Crippen LogP contribution in [0.2, 0.25) is 0 Å². The molecule has 0 radical (unpaired) electrons. The lowest BCUT2D eigenvalue weighted by Gasteiger charge is -2.05. The number of hydrogen-bond donors (Lipinski definition) is 0. The van der Waals surface area contributed by atoms with E-state index in [0.717, 1.165) is 27.2 Å². The van der Waals surface area contributed by atoms with Crippen LogP contribution in [-0.2, 0) is 6.42 Å². The normalized spacial score (nSPS) is 10.7. The predicted molar refractivity (Wildman–Crippen MR) is 80.9 cm³/mol. The van der Waals surface area contributed by atoms with E-state index in [1.165, 1.54) is 0 Å². The van der Waals surface area contributed by atoms with Crippen LogP contribution < -0.4 is 0 Å². The Morgan fingerprint density at radius 1 is 1.15 bits per heavy atom. The number of pyridine rings is 1. The molecule has 3 aromatic heterocycles. The van der Waals surface area contributed by atoms with Crippen LogP contribution in [0.1, 0.15) is 12.6 Å². The molecule has 0 aliphatic heterocycles. The van der Waals surface area contributed by atoms with Gasteiger partial charge in [0.25, 0.3) is 0 Å². The summed E-state index contributed by atoms with van der Waals surface area (Å²) in [5, 5.41) is 2.87. The van der Waals surface area contributed by atoms with Gasteiger partial charge in [0.05, 0.1) is 0 Å². The first-order valence-corrected chi connectivity index (χ1v) is 7.91. The molecule has 6 heteroatoms. The van der Waals surface area contributed by atoms with Crippen molar-refractivity contribution in [2.24, 2.45) is 0 Å². The fourth-order valence-corrected chi connectivity index (χ4v) is 3.26. The zero-order chi connectivity index (χ0) is 13.8. The lowest BCUT2D eigenvalue weighted by molar-refractivity contribution is 0.947. The van der Waals surface area contributed by atoms with Gasteiger partial charge in [-0.15, -0.1) is 11.3 Å². The minimum atomic E-state index is 0.670. The SMILES string of the molecule is CCc1cc(Sc2nccs2)nc(-c2ccccn2)n1. The highest BCUT2D eigenvalue weighted by atomic mass is 32.2. The van der Waals surface area contributed by atoms with Crippen LogP contribution >= 0.6 is 23.1 Å². The molecule has 0 N–H and O–H groups in total. The second kappa shape index (κ2) is 6.11. The molecule has 0 aromatic carbocycles. The Bertz CT molecular complexity index is 684. The van der Waals surface area contributed by atoms with Gasteiger partial charge in [-0.2, -0.15) is 0 Å². The lowest BCUT2D eigenvalue weighted by Crippen LogP contribution is -1.97. The Labute approximate surface area is 125 Å². The van der Waals surface area contributed by atoms with E-state index in [1.54, 1.807) is 35.5 Å². The quantitative estimate of drug-likeness (QED) is 0.687. The van der Waals surface area contributed by atoms with Gasteiger partial charge in [-0.3, -0.25) is 4.98 Å². The number of hydrogen-bond acceptors (Lipinski definition) is 6. The first-order valence-electron chi connectivity index (χ1n) is 6.22. The van der Waals surface area contributed by atoms with E-state index in [2.05, 4.69) is 26.9 Å². The van der Waals surface area contributed by atoms with Crippen molar-refractivity contribution in [3.63, 3.8) is 0 Å². The van der Waals surface area contributed by atoms with Gasteiger partial charge >= 0.3 is 0 Å². The van der Waals surface area contributed by atoms with Crippen molar-refractivity contribution in [2.75, 3.05) is 0 Å². The van der Waals surface area contributed by atoms with E-state index in [1.807, 2.05) is 29.6 Å². The second-order valence-corrected chi connectivity index (χ2v) is 6.15. The third-order valence-corrected chi connectivity index (χ3v) is 4.42. The van der Waals surface area contributed by atoms with Gasteiger partial charge in [-0.1, -0.05) is 13.0 Å². The van der Waals surface area contributed by atoms with E-state index < -0.39 is 0 Å². The second-order valence-electron chi connectivity index (χ2n) is 3.99. The average Bonchev–Trinajstić information content (AvgIpc) is 3.00. The van der Waals surface area contributed by atoms with Gasteiger partial charge in [-0.25, -0.2) is 15.0 Å². The minimum Gasteiger partial charge on any atom is -0.253 e. The van der Waals surface area contributed by atoms with Crippen molar-refractivity contribution in [3.05, 3.63) is 47.7 Å². The fraction of sp³-hybridized carbons (Fsp3) is 0.143. The Morgan fingerprint density at radius 3 is 2.80 bits per heavy atom. The molecule has 4 nitrogen and oxygen atoms in total. The van der Waals surface area contributed by atoms with Gasteiger partial charge in [0.2, 0.25) is 0 Å². The van der Waals surface area contributed by atoms with Crippen molar-refractivity contribution in [1.29, 1.82) is 0 Å². The number of aromatic nitrogens is 4. The van der Waals surface area contributed by atoms with Crippen molar-refractivity contribution < 1.29 is 0 Å². The number of nitrogens with zero attached hydrogens (tertiary/aromatic N) is 4. The molecule has 0 spiro atoms. The number of thiazole rings is 1. The summed E-state index contributed by atoms with van der Waals surface area (Å²) in [6, 6.07) is 7.77. The molecule has 0 atom stereocenters. The van der Waals surface area contributed by atoms with Crippen molar-refractivity contribution in [2.45, 2.75) is 22.7 Å². The molecule has 0 saturated carbocycles. The zero-order valence-corrected chi connectivity index (χ0v) is 12.5. The van der Waals surface area contributed by atoms with Crippen molar-refractivity contribution in [3.8, 4) is 11.5 Å². The number of rotatable bonds is 4. The standard InChI is InChI=1S/C14H12N4S2/c1-2-10-9-12(20-14-16-7-8-19-14)18-13(17-10)11-5-3-4-6-15-11/h3-9H,2H2,1H3. The lowest BCUT2D eigenvalue weighted by atomic mass is 10.3. The summed E-state index contributed by atoms with van der Waals surface area (Å²) in [6.45, 7) is 2.09. The third kappa shape index (κ3) is 3.02. The van der Waals surface area contributed by atoms with Crippen LogP contribution in [0, 0.1) is 0 Å². The smallest absolute Gasteiger partial charge is 0.179 e. The van der Waals surface area contributed by atoms with Gasteiger partial charge in [0.15, 0.2) is 10.2 Å². The van der Waals surface area contributed by atoms with Crippen LogP contribution in [0.3, 0.4) is 0 Å². The minimum absolute atomic E-state index is 0.670. The van der Waals surface area contributed by atoms with E-state index >= 15 is 0 Å². The maximum atomic E-state index is 4.58. The largest absolute Gasteiger partial charge is 0.253 e. The molecular weight excluding hydrogens is 288 g/mol. The Balaban J connectivity index is 1.99. The van der Waals surface area contributed by atoms with Gasteiger partial charge in [-0.05, 0) is 36.4 Å². The fourth-order valence-electron chi connectivity index (χ4n) is 1.67. The Hall–Kier alpha value is -1.79. The van der Waals surface area contributed by atoms with Crippen molar-refractivity contribution in [1.82, 2.24) is 19.9 Å². The summed E-state index contributed by atoms with van der Waals surface area (Å²) in [7, 11) is 0. The zero-order valence-electron chi connectivity index (χ0n) is 10.9. The molecule has 3 heterocycles. The maximum Gasteiger partial charge on any atom is 0.179 e. The summed E-state index contributed by atoms with van der Waals surface area (Å²) >= 11 is 3.17. The van der Waals surface area contributed by atoms with Crippen LogP contribution in [0.4, 0.5) is 0 Å². The van der Waals surface area contributed by atoms with Gasteiger partial charge < -0.3 is 0 Å². The third-order valence-electron chi connectivity index (χ3n) is 2.61. The molecule has 0 bridgehead atoms. The molecule has 0 aliphatic rings. The summed E-state index contributed by atoms with van der Waals surface area (Å²) in [6.07, 6.45) is 4.42. The summed E-state index contributed by atoms with van der Waals surface area (Å²) in [5.41, 5.74) is 1.81. The summed E-state index contributed by atoms with van der Waals surface area (Å²) in [5.74, 6) is 0.670. The van der Waals surface area contributed by atoms with E-state index in [4.69, 9.17) is 0 Å². The van der Waals surface area contributed by atoms with Gasteiger partial charge in [0.1, 0.15) is 10.7 Å². The topological polar surface area (TPSA) is 51.6 Å². The van der Waals surface area contributed by atoms with Crippen LogP contribution in [0.5, 0.6) is 0 Å². The molecule has 20 heavy (non-hydrogen) atoms. The first-order chi connectivity index (χ1) is 9.85. The molecule has 0 amide bonds. The van der Waals surface area contributed by atoms with E-state index in [0.29, 0.717) is 5.82 Å². The average molecular weight is 300 g/mol. The molecule has 0 fully saturated rings. The highest BCUT2D eigenvalue weighted by Gasteiger charge is 2.09. The van der Waals surface area contributed by atoms with Crippen molar-refractivity contribution >= 4 is 23.1 Å². The Kier molecular flexibility index (Phi) is 4.03. The predicted octanol–water partition coefficient (Wildman–Crippen LogP) is 3.71. The molecule has 0 aliphatic carbocycles. The van der Waals surface area contributed by atoms with Gasteiger partial charge in [0, 0.05) is 23.5 Å². The highest BCUT2D eigenvalue weighted by Crippen LogP contribution is 2.29. The monoisotopic (exact) mass is 300 g/mol. The number of aryl methyl sites for hydroxylation is 1. The summed E-state index contributed by atoms with van der Waals surface area (Å²) < 4.78 is 0.984. The first kappa shape index (κ1) is 13.2. The van der Waals surface area contributed by atoms with Crippen LogP contribution in [0.25, 0.3) is 11.5 Å². The molecule has 0 saturated heterocycles. The molecule has 3 aromatic rings.